The Hall–Kier alpha value is -1.38. The topological polar surface area (TPSA) is 20.3 Å². The second-order valence-corrected chi connectivity index (χ2v) is 4.55. The molecule has 1 aliphatic heterocycles. The maximum Gasteiger partial charge on any atom is 0.223 e. The lowest BCUT2D eigenvalue weighted by Crippen LogP contribution is -2.30. The Balaban J connectivity index is 2.14. The first-order valence-corrected chi connectivity index (χ1v) is 6.27. The van der Waals surface area contributed by atoms with Gasteiger partial charge in [-0.25, -0.2) is 4.39 Å². The van der Waals surface area contributed by atoms with Gasteiger partial charge in [0, 0.05) is 13.0 Å². The average Bonchev–Trinajstić information content (AvgIpc) is 2.79. The quantitative estimate of drug-likeness (QED) is 0.787. The van der Waals surface area contributed by atoms with Gasteiger partial charge in [0.25, 0.3) is 0 Å². The third-order valence-electron chi connectivity index (χ3n) is 3.29. The molecule has 1 amide bonds. The van der Waals surface area contributed by atoms with Gasteiger partial charge in [-0.1, -0.05) is 19.1 Å². The molecule has 2 nitrogen and oxygen atoms in total. The number of amides is 1. The molecule has 1 heterocycles. The molecule has 0 unspecified atom stereocenters. The maximum atomic E-state index is 12.9. The lowest BCUT2D eigenvalue weighted by Gasteiger charge is -2.25. The van der Waals surface area contributed by atoms with E-state index in [-0.39, 0.29) is 17.8 Å². The summed E-state index contributed by atoms with van der Waals surface area (Å²) in [6.45, 7) is 2.85. The molecule has 1 saturated heterocycles. The summed E-state index contributed by atoms with van der Waals surface area (Å²) in [5, 5.41) is 0. The smallest absolute Gasteiger partial charge is 0.223 e. The third kappa shape index (κ3) is 2.65. The van der Waals surface area contributed by atoms with Gasteiger partial charge in [-0.15, -0.1) is 0 Å². The van der Waals surface area contributed by atoms with E-state index in [1.807, 2.05) is 11.8 Å². The minimum Gasteiger partial charge on any atom is -0.336 e. The third-order valence-corrected chi connectivity index (χ3v) is 3.29. The molecule has 0 saturated carbocycles. The molecule has 1 aromatic carbocycles. The molecule has 3 heteroatoms. The van der Waals surface area contributed by atoms with Gasteiger partial charge in [-0.2, -0.15) is 0 Å². The number of carbonyl (C=O) groups excluding carboxylic acids is 1. The predicted octanol–water partition coefficient (Wildman–Crippen LogP) is 3.29. The van der Waals surface area contributed by atoms with Crippen LogP contribution in [0.15, 0.2) is 24.3 Å². The zero-order valence-electron chi connectivity index (χ0n) is 10.2. The summed E-state index contributed by atoms with van der Waals surface area (Å²) >= 11 is 0. The van der Waals surface area contributed by atoms with Gasteiger partial charge < -0.3 is 4.90 Å². The van der Waals surface area contributed by atoms with Crippen LogP contribution in [-0.2, 0) is 4.79 Å². The number of benzene rings is 1. The first kappa shape index (κ1) is 12.1. The first-order valence-electron chi connectivity index (χ1n) is 6.27. The van der Waals surface area contributed by atoms with Gasteiger partial charge in [0.05, 0.1) is 6.04 Å². The van der Waals surface area contributed by atoms with Crippen LogP contribution < -0.4 is 0 Å². The summed E-state index contributed by atoms with van der Waals surface area (Å²) < 4.78 is 12.9. The summed E-state index contributed by atoms with van der Waals surface area (Å²) in [6, 6.07) is 6.66. The van der Waals surface area contributed by atoms with Crippen LogP contribution in [-0.4, -0.2) is 17.4 Å². The second kappa shape index (κ2) is 5.30. The van der Waals surface area contributed by atoms with Crippen molar-refractivity contribution in [3.05, 3.63) is 35.6 Å². The van der Waals surface area contributed by atoms with E-state index in [9.17, 15) is 9.18 Å². The normalized spacial score (nSPS) is 19.6. The fourth-order valence-corrected chi connectivity index (χ4v) is 2.45. The number of hydrogen-bond donors (Lipinski definition) is 0. The molecule has 1 aliphatic rings. The standard InChI is InChI=1S/C14H18FNO/c1-2-4-14(17)16-10-3-5-13(16)11-6-8-12(15)9-7-11/h6-9,13H,2-5,10H2,1H3/t13-/m1/s1. The van der Waals surface area contributed by atoms with Crippen molar-refractivity contribution in [1.82, 2.24) is 4.90 Å². The highest BCUT2D eigenvalue weighted by Gasteiger charge is 2.29. The van der Waals surface area contributed by atoms with E-state index in [0.29, 0.717) is 6.42 Å². The van der Waals surface area contributed by atoms with Crippen LogP contribution in [0.25, 0.3) is 0 Å². The molecule has 1 fully saturated rings. The molecule has 0 N–H and O–H groups in total. The highest BCUT2D eigenvalue weighted by atomic mass is 19.1. The summed E-state index contributed by atoms with van der Waals surface area (Å²) in [4.78, 5) is 13.9. The van der Waals surface area contributed by atoms with Gasteiger partial charge in [0.15, 0.2) is 0 Å². The molecule has 1 aromatic rings. The molecule has 92 valence electrons. The van der Waals surface area contributed by atoms with Crippen LogP contribution in [0.4, 0.5) is 4.39 Å². The van der Waals surface area contributed by atoms with Crippen LogP contribution in [0.3, 0.4) is 0 Å². The zero-order valence-corrected chi connectivity index (χ0v) is 10.2. The molecule has 2 rings (SSSR count). The molecule has 0 radical (unpaired) electrons. The monoisotopic (exact) mass is 235 g/mol. The molecule has 17 heavy (non-hydrogen) atoms. The van der Waals surface area contributed by atoms with Crippen molar-refractivity contribution < 1.29 is 9.18 Å². The van der Waals surface area contributed by atoms with Gasteiger partial charge >= 0.3 is 0 Å². The summed E-state index contributed by atoms with van der Waals surface area (Å²) in [5.41, 5.74) is 1.05. The van der Waals surface area contributed by atoms with E-state index < -0.39 is 0 Å². The molecular weight excluding hydrogens is 217 g/mol. The van der Waals surface area contributed by atoms with E-state index in [4.69, 9.17) is 0 Å². The van der Waals surface area contributed by atoms with Crippen LogP contribution in [0.2, 0.25) is 0 Å². The zero-order chi connectivity index (χ0) is 12.3. The van der Waals surface area contributed by atoms with Gasteiger partial charge in [-0.05, 0) is 37.0 Å². The number of carbonyl (C=O) groups is 1. The number of hydrogen-bond acceptors (Lipinski definition) is 1. The molecule has 0 aliphatic carbocycles. The van der Waals surface area contributed by atoms with Crippen LogP contribution >= 0.6 is 0 Å². The lowest BCUT2D eigenvalue weighted by molar-refractivity contribution is -0.132. The number of halogens is 1. The fraction of sp³-hybridized carbons (Fsp3) is 0.500. The average molecular weight is 235 g/mol. The first-order chi connectivity index (χ1) is 8.22. The largest absolute Gasteiger partial charge is 0.336 e. The number of nitrogens with zero attached hydrogens (tertiary/aromatic N) is 1. The maximum absolute atomic E-state index is 12.9. The fourth-order valence-electron chi connectivity index (χ4n) is 2.45. The van der Waals surface area contributed by atoms with Crippen molar-refractivity contribution in [3.63, 3.8) is 0 Å². The number of likely N-dealkylation sites (tertiary alicyclic amines) is 1. The van der Waals surface area contributed by atoms with Crippen LogP contribution in [0, 0.1) is 5.82 Å². The highest BCUT2D eigenvalue weighted by Crippen LogP contribution is 2.32. The molecular formula is C14H18FNO. The van der Waals surface area contributed by atoms with Crippen molar-refractivity contribution in [2.75, 3.05) is 6.54 Å². The number of rotatable bonds is 3. The van der Waals surface area contributed by atoms with E-state index in [1.54, 1.807) is 12.1 Å². The summed E-state index contributed by atoms with van der Waals surface area (Å²) in [6.07, 6.45) is 3.52. The Morgan fingerprint density at radius 2 is 2.12 bits per heavy atom. The van der Waals surface area contributed by atoms with Gasteiger partial charge in [0.2, 0.25) is 5.91 Å². The van der Waals surface area contributed by atoms with Crippen molar-refractivity contribution in [2.45, 2.75) is 38.6 Å². The van der Waals surface area contributed by atoms with Crippen molar-refractivity contribution in [3.8, 4) is 0 Å². The molecule has 1 atom stereocenters. The van der Waals surface area contributed by atoms with Crippen LogP contribution in [0.5, 0.6) is 0 Å². The summed E-state index contributed by atoms with van der Waals surface area (Å²) in [7, 11) is 0. The van der Waals surface area contributed by atoms with Crippen LogP contribution in [0.1, 0.15) is 44.2 Å². The van der Waals surface area contributed by atoms with E-state index in [2.05, 4.69) is 0 Å². The Morgan fingerprint density at radius 3 is 2.76 bits per heavy atom. The van der Waals surface area contributed by atoms with Gasteiger partial charge in [-0.3, -0.25) is 4.79 Å². The Morgan fingerprint density at radius 1 is 1.41 bits per heavy atom. The Bertz CT molecular complexity index is 388. The highest BCUT2D eigenvalue weighted by molar-refractivity contribution is 5.77. The van der Waals surface area contributed by atoms with Crippen molar-refractivity contribution in [2.24, 2.45) is 0 Å². The minimum absolute atomic E-state index is 0.148. The van der Waals surface area contributed by atoms with E-state index >= 15 is 0 Å². The Kier molecular flexibility index (Phi) is 3.77. The predicted molar refractivity (Wildman–Crippen MR) is 65.0 cm³/mol. The lowest BCUT2D eigenvalue weighted by atomic mass is 10.0. The molecule has 0 aromatic heterocycles. The summed E-state index contributed by atoms with van der Waals surface area (Å²) in [5.74, 6) is -0.00231. The second-order valence-electron chi connectivity index (χ2n) is 4.55. The minimum atomic E-state index is -0.224. The van der Waals surface area contributed by atoms with E-state index in [1.165, 1.54) is 12.1 Å². The van der Waals surface area contributed by atoms with Gasteiger partial charge in [0.1, 0.15) is 5.82 Å². The van der Waals surface area contributed by atoms with Crippen molar-refractivity contribution in [1.29, 1.82) is 0 Å². The SMILES string of the molecule is CCCC(=O)N1CCC[C@@H]1c1ccc(F)cc1. The molecule has 0 spiro atoms. The van der Waals surface area contributed by atoms with Crippen molar-refractivity contribution >= 4 is 5.91 Å². The van der Waals surface area contributed by atoms with E-state index in [0.717, 1.165) is 31.4 Å². The Labute approximate surface area is 101 Å². The molecule has 0 bridgehead atoms.